The predicted octanol–water partition coefficient (Wildman–Crippen LogP) is 2.62. The lowest BCUT2D eigenvalue weighted by molar-refractivity contribution is -0.114. The van der Waals surface area contributed by atoms with Crippen molar-refractivity contribution in [1.82, 2.24) is 0 Å². The minimum absolute atomic E-state index is 0.108. The quantitative estimate of drug-likeness (QED) is 0.883. The topological polar surface area (TPSA) is 74.1 Å². The minimum Gasteiger partial charge on any atom is -0.495 e. The third-order valence-corrected chi connectivity index (χ3v) is 2.83. The molecule has 0 aromatic heterocycles. The largest absolute Gasteiger partial charge is 0.495 e. The standard InChI is InChI=1S/C16H15N3O2/c1-21-15-9-12(10-17)7-8-14(15)18-11-16(20)19-13-5-3-2-4-6-13/h2-9,18H,11H2,1H3,(H,19,20). The lowest BCUT2D eigenvalue weighted by Gasteiger charge is -2.11. The summed E-state index contributed by atoms with van der Waals surface area (Å²) in [6.45, 7) is 0.108. The van der Waals surface area contributed by atoms with Gasteiger partial charge in [0.25, 0.3) is 0 Å². The normalized spacial score (nSPS) is 9.52. The predicted molar refractivity (Wildman–Crippen MR) is 81.3 cm³/mol. The zero-order valence-electron chi connectivity index (χ0n) is 11.6. The van der Waals surface area contributed by atoms with Crippen LogP contribution in [0.15, 0.2) is 48.5 Å². The number of nitrogens with one attached hydrogen (secondary N) is 2. The van der Waals surface area contributed by atoms with E-state index >= 15 is 0 Å². The molecule has 0 spiro atoms. The number of carbonyl (C=O) groups excluding carboxylic acids is 1. The molecule has 2 rings (SSSR count). The summed E-state index contributed by atoms with van der Waals surface area (Å²) in [5.41, 5.74) is 1.92. The molecular formula is C16H15N3O2. The van der Waals surface area contributed by atoms with Gasteiger partial charge in [-0.1, -0.05) is 18.2 Å². The number of carbonyl (C=O) groups is 1. The molecule has 0 aliphatic carbocycles. The van der Waals surface area contributed by atoms with E-state index < -0.39 is 0 Å². The van der Waals surface area contributed by atoms with Gasteiger partial charge in [0.15, 0.2) is 0 Å². The van der Waals surface area contributed by atoms with Crippen LogP contribution in [0.1, 0.15) is 5.56 Å². The number of amides is 1. The summed E-state index contributed by atoms with van der Waals surface area (Å²) in [6, 6.07) is 16.3. The number of ether oxygens (including phenoxy) is 1. The van der Waals surface area contributed by atoms with Gasteiger partial charge in [-0.25, -0.2) is 0 Å². The van der Waals surface area contributed by atoms with Crippen molar-refractivity contribution in [2.24, 2.45) is 0 Å². The van der Waals surface area contributed by atoms with Crippen molar-refractivity contribution < 1.29 is 9.53 Å². The SMILES string of the molecule is COc1cc(C#N)ccc1NCC(=O)Nc1ccccc1. The molecule has 2 N–H and O–H groups in total. The Kier molecular flexibility index (Phi) is 4.78. The van der Waals surface area contributed by atoms with Crippen LogP contribution in [0.4, 0.5) is 11.4 Å². The maximum absolute atomic E-state index is 11.8. The first-order valence-corrected chi connectivity index (χ1v) is 6.40. The average Bonchev–Trinajstić information content (AvgIpc) is 2.53. The number of nitrogens with zero attached hydrogens (tertiary/aromatic N) is 1. The molecule has 2 aromatic carbocycles. The van der Waals surface area contributed by atoms with Gasteiger partial charge in [0.05, 0.1) is 31.0 Å². The number of anilines is 2. The Labute approximate surface area is 123 Å². The van der Waals surface area contributed by atoms with E-state index in [0.29, 0.717) is 17.0 Å². The summed E-state index contributed by atoms with van der Waals surface area (Å²) in [7, 11) is 1.52. The fourth-order valence-corrected chi connectivity index (χ4v) is 1.81. The van der Waals surface area contributed by atoms with E-state index in [2.05, 4.69) is 10.6 Å². The maximum atomic E-state index is 11.8. The highest BCUT2D eigenvalue weighted by atomic mass is 16.5. The van der Waals surface area contributed by atoms with E-state index in [1.807, 2.05) is 36.4 Å². The number of para-hydroxylation sites is 1. The third kappa shape index (κ3) is 3.98. The number of nitriles is 1. The summed E-state index contributed by atoms with van der Waals surface area (Å²) in [6.07, 6.45) is 0. The van der Waals surface area contributed by atoms with Gasteiger partial charge in [-0.15, -0.1) is 0 Å². The van der Waals surface area contributed by atoms with E-state index in [1.165, 1.54) is 7.11 Å². The summed E-state index contributed by atoms with van der Waals surface area (Å²) < 4.78 is 5.19. The molecule has 0 bridgehead atoms. The molecule has 0 aliphatic rings. The highest BCUT2D eigenvalue weighted by Gasteiger charge is 2.07. The molecule has 1 amide bonds. The van der Waals surface area contributed by atoms with Crippen LogP contribution < -0.4 is 15.4 Å². The zero-order valence-corrected chi connectivity index (χ0v) is 11.6. The van der Waals surface area contributed by atoms with Crippen molar-refractivity contribution in [2.45, 2.75) is 0 Å². The molecule has 2 aromatic rings. The Bertz CT molecular complexity index is 663. The van der Waals surface area contributed by atoms with Crippen molar-refractivity contribution in [2.75, 3.05) is 24.3 Å². The molecule has 5 heteroatoms. The number of benzene rings is 2. The lowest BCUT2D eigenvalue weighted by atomic mass is 10.2. The molecule has 0 heterocycles. The van der Waals surface area contributed by atoms with Gasteiger partial charge in [-0.3, -0.25) is 4.79 Å². The highest BCUT2D eigenvalue weighted by Crippen LogP contribution is 2.25. The van der Waals surface area contributed by atoms with E-state index in [1.54, 1.807) is 18.2 Å². The molecule has 0 unspecified atom stereocenters. The summed E-state index contributed by atoms with van der Waals surface area (Å²) in [4.78, 5) is 11.8. The molecule has 0 aliphatic heterocycles. The average molecular weight is 281 g/mol. The van der Waals surface area contributed by atoms with Gasteiger partial charge >= 0.3 is 0 Å². The monoisotopic (exact) mass is 281 g/mol. The number of hydrogen-bond donors (Lipinski definition) is 2. The minimum atomic E-state index is -0.160. The highest BCUT2D eigenvalue weighted by molar-refractivity contribution is 5.93. The molecular weight excluding hydrogens is 266 g/mol. The fraction of sp³-hybridized carbons (Fsp3) is 0.125. The van der Waals surface area contributed by atoms with Crippen molar-refractivity contribution in [3.05, 3.63) is 54.1 Å². The third-order valence-electron chi connectivity index (χ3n) is 2.83. The molecule has 0 radical (unpaired) electrons. The Balaban J connectivity index is 1.97. The fourth-order valence-electron chi connectivity index (χ4n) is 1.81. The van der Waals surface area contributed by atoms with Gasteiger partial charge in [0, 0.05) is 11.8 Å². The van der Waals surface area contributed by atoms with Crippen molar-refractivity contribution in [3.63, 3.8) is 0 Å². The lowest BCUT2D eigenvalue weighted by Crippen LogP contribution is -2.21. The molecule has 5 nitrogen and oxygen atoms in total. The molecule has 0 saturated carbocycles. The Morgan fingerprint density at radius 1 is 1.24 bits per heavy atom. The molecule has 0 saturated heterocycles. The van der Waals surface area contributed by atoms with Crippen LogP contribution in [-0.2, 0) is 4.79 Å². The van der Waals surface area contributed by atoms with Gasteiger partial charge in [-0.05, 0) is 24.3 Å². The Hall–Kier alpha value is -3.00. The maximum Gasteiger partial charge on any atom is 0.243 e. The van der Waals surface area contributed by atoms with E-state index in [4.69, 9.17) is 10.00 Å². The summed E-state index contributed by atoms with van der Waals surface area (Å²) in [5, 5.41) is 14.6. The molecule has 0 atom stereocenters. The van der Waals surface area contributed by atoms with Crippen LogP contribution in [0.5, 0.6) is 5.75 Å². The van der Waals surface area contributed by atoms with E-state index in [9.17, 15) is 4.79 Å². The van der Waals surface area contributed by atoms with Crippen LogP contribution in [0.25, 0.3) is 0 Å². The first-order valence-electron chi connectivity index (χ1n) is 6.40. The van der Waals surface area contributed by atoms with Crippen molar-refractivity contribution in [3.8, 4) is 11.8 Å². The second-order valence-corrected chi connectivity index (χ2v) is 4.29. The second-order valence-electron chi connectivity index (χ2n) is 4.29. The van der Waals surface area contributed by atoms with Crippen LogP contribution in [0, 0.1) is 11.3 Å². The summed E-state index contributed by atoms with van der Waals surface area (Å²) >= 11 is 0. The van der Waals surface area contributed by atoms with Crippen molar-refractivity contribution >= 4 is 17.3 Å². The second kappa shape index (κ2) is 6.96. The van der Waals surface area contributed by atoms with Crippen LogP contribution >= 0.6 is 0 Å². The van der Waals surface area contributed by atoms with Gasteiger partial charge in [-0.2, -0.15) is 5.26 Å². The van der Waals surface area contributed by atoms with Gasteiger partial charge in [0.2, 0.25) is 5.91 Å². The number of hydrogen-bond acceptors (Lipinski definition) is 4. The zero-order chi connectivity index (χ0) is 15.1. The van der Waals surface area contributed by atoms with Crippen LogP contribution in [0.3, 0.4) is 0 Å². The first kappa shape index (κ1) is 14.4. The van der Waals surface area contributed by atoms with Crippen LogP contribution in [0.2, 0.25) is 0 Å². The van der Waals surface area contributed by atoms with Crippen molar-refractivity contribution in [1.29, 1.82) is 5.26 Å². The number of rotatable bonds is 5. The van der Waals surface area contributed by atoms with E-state index in [-0.39, 0.29) is 12.5 Å². The van der Waals surface area contributed by atoms with E-state index in [0.717, 1.165) is 5.69 Å². The Morgan fingerprint density at radius 2 is 2.00 bits per heavy atom. The molecule has 21 heavy (non-hydrogen) atoms. The van der Waals surface area contributed by atoms with Crippen LogP contribution in [-0.4, -0.2) is 19.6 Å². The van der Waals surface area contributed by atoms with Gasteiger partial charge in [0.1, 0.15) is 5.75 Å². The number of methoxy groups -OCH3 is 1. The first-order chi connectivity index (χ1) is 10.2. The molecule has 106 valence electrons. The summed E-state index contributed by atoms with van der Waals surface area (Å²) in [5.74, 6) is 0.370. The molecule has 0 fully saturated rings. The smallest absolute Gasteiger partial charge is 0.243 e. The Morgan fingerprint density at radius 3 is 2.67 bits per heavy atom. The van der Waals surface area contributed by atoms with Gasteiger partial charge < -0.3 is 15.4 Å².